The first-order chi connectivity index (χ1) is 9.01. The molecular weight excluding hydrogens is 272 g/mol. The molecule has 0 spiro atoms. The minimum Gasteiger partial charge on any atom is -0.465 e. The van der Waals surface area contributed by atoms with Gasteiger partial charge in [-0.05, 0) is 31.5 Å². The van der Waals surface area contributed by atoms with Crippen molar-refractivity contribution in [2.75, 3.05) is 0 Å². The second-order valence-electron chi connectivity index (χ2n) is 7.10. The van der Waals surface area contributed by atoms with Crippen LogP contribution in [0, 0.1) is 11.3 Å². The first kappa shape index (κ1) is 17.0. The summed E-state index contributed by atoms with van der Waals surface area (Å²) in [7, 11) is -1.93. The third kappa shape index (κ3) is 3.33. The molecule has 1 amide bonds. The van der Waals surface area contributed by atoms with Gasteiger partial charge < -0.3 is 9.53 Å². The molecule has 1 N–H and O–H groups in total. The summed E-state index contributed by atoms with van der Waals surface area (Å²) >= 11 is 0. The van der Waals surface area contributed by atoms with E-state index in [2.05, 4.69) is 39.9 Å². The topological polar surface area (TPSA) is 73.6 Å². The standard InChI is InChI=1S/C14H26N2O3Si/c1-10-12(19-20(5,6)14(2,3)4)9-11(7-8-15)16(10)13(17)18/h10-12H,7,9H2,1-6H3,(H,17,18)/t10-,11-,12-/m1/s1. The van der Waals surface area contributed by atoms with Gasteiger partial charge in [0.1, 0.15) is 0 Å². The molecule has 0 radical (unpaired) electrons. The Bertz CT molecular complexity index is 412. The number of hydrogen-bond acceptors (Lipinski definition) is 3. The highest BCUT2D eigenvalue weighted by molar-refractivity contribution is 6.74. The summed E-state index contributed by atoms with van der Waals surface area (Å²) in [5.74, 6) is 0. The van der Waals surface area contributed by atoms with Gasteiger partial charge in [-0.25, -0.2) is 4.79 Å². The van der Waals surface area contributed by atoms with Gasteiger partial charge in [0.15, 0.2) is 8.32 Å². The predicted octanol–water partition coefficient (Wildman–Crippen LogP) is 3.43. The zero-order valence-electron chi connectivity index (χ0n) is 13.3. The average molecular weight is 298 g/mol. The fourth-order valence-electron chi connectivity index (χ4n) is 2.41. The molecule has 5 nitrogen and oxygen atoms in total. The molecule has 1 heterocycles. The van der Waals surface area contributed by atoms with E-state index in [0.717, 1.165) is 0 Å². The largest absolute Gasteiger partial charge is 0.465 e. The van der Waals surface area contributed by atoms with Crippen LogP contribution >= 0.6 is 0 Å². The fourth-order valence-corrected chi connectivity index (χ4v) is 3.81. The highest BCUT2D eigenvalue weighted by atomic mass is 28.4. The zero-order valence-corrected chi connectivity index (χ0v) is 14.3. The number of carbonyl (C=O) groups is 1. The molecule has 1 aliphatic rings. The zero-order chi connectivity index (χ0) is 15.7. The van der Waals surface area contributed by atoms with Crippen LogP contribution in [0.3, 0.4) is 0 Å². The van der Waals surface area contributed by atoms with Crippen molar-refractivity contribution in [2.24, 2.45) is 0 Å². The van der Waals surface area contributed by atoms with Crippen LogP contribution in [0.1, 0.15) is 40.5 Å². The first-order valence-corrected chi connectivity index (χ1v) is 9.98. The van der Waals surface area contributed by atoms with E-state index in [1.165, 1.54) is 4.90 Å². The lowest BCUT2D eigenvalue weighted by atomic mass is 10.1. The maximum absolute atomic E-state index is 11.4. The Kier molecular flexibility index (Phi) is 4.88. The van der Waals surface area contributed by atoms with Crippen LogP contribution in [0.25, 0.3) is 0 Å². The SMILES string of the molecule is C[C@@H]1[C@H](O[Si](C)(C)C(C)(C)C)C[C@@H](CC#N)N1C(=O)O. The van der Waals surface area contributed by atoms with Crippen LogP contribution in [-0.2, 0) is 4.43 Å². The molecule has 6 heteroatoms. The van der Waals surface area contributed by atoms with Crippen LogP contribution < -0.4 is 0 Å². The molecule has 1 saturated heterocycles. The molecule has 1 aliphatic heterocycles. The summed E-state index contributed by atoms with van der Waals surface area (Å²) in [5, 5.41) is 18.3. The summed E-state index contributed by atoms with van der Waals surface area (Å²) < 4.78 is 6.36. The quantitative estimate of drug-likeness (QED) is 0.810. The van der Waals surface area contributed by atoms with Gasteiger partial charge in [-0.2, -0.15) is 5.26 Å². The minimum absolute atomic E-state index is 0.0914. The predicted molar refractivity (Wildman–Crippen MR) is 80.0 cm³/mol. The van der Waals surface area contributed by atoms with E-state index in [-0.39, 0.29) is 29.6 Å². The van der Waals surface area contributed by atoms with Gasteiger partial charge in [0, 0.05) is 0 Å². The lowest BCUT2D eigenvalue weighted by molar-refractivity contribution is 0.103. The van der Waals surface area contributed by atoms with E-state index < -0.39 is 14.4 Å². The second kappa shape index (κ2) is 5.74. The molecule has 0 saturated carbocycles. The van der Waals surface area contributed by atoms with E-state index in [4.69, 9.17) is 9.69 Å². The molecular formula is C14H26N2O3Si. The van der Waals surface area contributed by atoms with Crippen LogP contribution in [0.5, 0.6) is 0 Å². The smallest absolute Gasteiger partial charge is 0.407 e. The van der Waals surface area contributed by atoms with Crippen molar-refractivity contribution < 1.29 is 14.3 Å². The van der Waals surface area contributed by atoms with Crippen molar-refractivity contribution in [1.82, 2.24) is 4.90 Å². The molecule has 20 heavy (non-hydrogen) atoms. The lowest BCUT2D eigenvalue weighted by Crippen LogP contribution is -2.47. The van der Waals surface area contributed by atoms with Gasteiger partial charge in [0.25, 0.3) is 0 Å². The number of amides is 1. The minimum atomic E-state index is -1.93. The van der Waals surface area contributed by atoms with Crippen LogP contribution in [0.15, 0.2) is 0 Å². The van der Waals surface area contributed by atoms with Crippen LogP contribution in [0.2, 0.25) is 18.1 Å². The molecule has 1 fully saturated rings. The van der Waals surface area contributed by atoms with Crippen molar-refractivity contribution in [2.45, 2.75) is 76.9 Å². The van der Waals surface area contributed by atoms with Crippen LogP contribution in [0.4, 0.5) is 4.79 Å². The number of rotatable bonds is 3. The monoisotopic (exact) mass is 298 g/mol. The molecule has 1 rings (SSSR count). The summed E-state index contributed by atoms with van der Waals surface area (Å²) in [6, 6.07) is 1.64. The normalized spacial score (nSPS) is 27.4. The summed E-state index contributed by atoms with van der Waals surface area (Å²) in [6.07, 6.45) is -0.217. The Morgan fingerprint density at radius 2 is 2.05 bits per heavy atom. The van der Waals surface area contributed by atoms with Gasteiger partial charge in [-0.3, -0.25) is 4.90 Å². The Hall–Kier alpha value is -1.06. The van der Waals surface area contributed by atoms with Crippen molar-refractivity contribution in [3.05, 3.63) is 0 Å². The van der Waals surface area contributed by atoms with E-state index in [1.807, 2.05) is 6.92 Å². The van der Waals surface area contributed by atoms with Gasteiger partial charge >= 0.3 is 6.09 Å². The highest BCUT2D eigenvalue weighted by Crippen LogP contribution is 2.40. The third-order valence-corrected chi connectivity index (χ3v) is 9.18. The van der Waals surface area contributed by atoms with E-state index in [1.54, 1.807) is 0 Å². The lowest BCUT2D eigenvalue weighted by Gasteiger charge is -2.39. The number of likely N-dealkylation sites (tertiary alicyclic amines) is 1. The number of nitriles is 1. The molecule has 0 bridgehead atoms. The van der Waals surface area contributed by atoms with Crippen molar-refractivity contribution in [1.29, 1.82) is 5.26 Å². The Balaban J connectivity index is 2.89. The maximum atomic E-state index is 11.4. The molecule has 3 atom stereocenters. The summed E-state index contributed by atoms with van der Waals surface area (Å²) in [4.78, 5) is 12.8. The van der Waals surface area contributed by atoms with E-state index in [0.29, 0.717) is 6.42 Å². The van der Waals surface area contributed by atoms with E-state index >= 15 is 0 Å². The Morgan fingerprint density at radius 3 is 2.45 bits per heavy atom. The Labute approximate surface area is 122 Å². The summed E-state index contributed by atoms with van der Waals surface area (Å²) in [6.45, 7) is 12.7. The van der Waals surface area contributed by atoms with E-state index in [9.17, 15) is 9.90 Å². The number of hydrogen-bond donors (Lipinski definition) is 1. The second-order valence-corrected chi connectivity index (χ2v) is 11.9. The first-order valence-electron chi connectivity index (χ1n) is 7.07. The van der Waals surface area contributed by atoms with Gasteiger partial charge in [0.2, 0.25) is 0 Å². The number of carboxylic acid groups (broad SMARTS) is 1. The summed E-state index contributed by atoms with van der Waals surface area (Å²) in [5.41, 5.74) is 0. The van der Waals surface area contributed by atoms with Gasteiger partial charge in [0.05, 0.1) is 30.7 Å². The van der Waals surface area contributed by atoms with Gasteiger partial charge in [-0.1, -0.05) is 20.8 Å². The van der Waals surface area contributed by atoms with Gasteiger partial charge in [-0.15, -0.1) is 0 Å². The molecule has 0 aromatic carbocycles. The average Bonchev–Trinajstić information content (AvgIpc) is 2.53. The van der Waals surface area contributed by atoms with Crippen molar-refractivity contribution >= 4 is 14.4 Å². The highest BCUT2D eigenvalue weighted by Gasteiger charge is 2.47. The third-order valence-electron chi connectivity index (χ3n) is 4.67. The van der Waals surface area contributed by atoms with Crippen LogP contribution in [-0.4, -0.2) is 42.6 Å². The van der Waals surface area contributed by atoms with Crippen molar-refractivity contribution in [3.8, 4) is 6.07 Å². The maximum Gasteiger partial charge on any atom is 0.407 e. The fraction of sp³-hybridized carbons (Fsp3) is 0.857. The molecule has 0 aromatic rings. The molecule has 0 aromatic heterocycles. The molecule has 0 aliphatic carbocycles. The Morgan fingerprint density at radius 1 is 1.50 bits per heavy atom. The van der Waals surface area contributed by atoms with Crippen molar-refractivity contribution in [3.63, 3.8) is 0 Å². The number of nitrogens with zero attached hydrogens (tertiary/aromatic N) is 2. The molecule has 114 valence electrons. The molecule has 0 unspecified atom stereocenters.